The van der Waals surface area contributed by atoms with Crippen LogP contribution in [0.5, 0.6) is 0 Å². The van der Waals surface area contributed by atoms with Crippen molar-refractivity contribution < 1.29 is 9.53 Å². The van der Waals surface area contributed by atoms with Crippen LogP contribution < -0.4 is 0 Å². The van der Waals surface area contributed by atoms with Crippen molar-refractivity contribution in [3.05, 3.63) is 12.2 Å². The lowest BCUT2D eigenvalue weighted by Gasteiger charge is -2.17. The third kappa shape index (κ3) is 9.78. The van der Waals surface area contributed by atoms with Crippen LogP contribution in [0, 0.1) is 17.8 Å². The van der Waals surface area contributed by atoms with Crippen molar-refractivity contribution in [1.29, 1.82) is 0 Å². The zero-order chi connectivity index (χ0) is 19.0. The molecule has 152 valence electrons. The highest BCUT2D eigenvalue weighted by Gasteiger charge is 2.24. The standard InChI is InChI=1S/C24H44O2/c1-4-7-8-9-10-12-17-22-19-15-20-23(22)18-14-11-13-16-21(5-2)24(25)26-6-3/h12,17,21-23H,4-11,13-16,18-20H2,1-3H3/t21?,22-,23-/m0/s1. The second kappa shape index (κ2) is 15.3. The Bertz CT molecular complexity index is 374. The molecule has 26 heavy (non-hydrogen) atoms. The molecular weight excluding hydrogens is 320 g/mol. The maximum absolute atomic E-state index is 11.8. The van der Waals surface area contributed by atoms with Crippen LogP contribution in [0.3, 0.4) is 0 Å². The normalized spacial score (nSPS) is 21.3. The molecule has 0 amide bonds. The van der Waals surface area contributed by atoms with Crippen LogP contribution in [-0.4, -0.2) is 12.6 Å². The molecule has 1 saturated carbocycles. The van der Waals surface area contributed by atoms with Gasteiger partial charge < -0.3 is 4.74 Å². The molecule has 0 aliphatic heterocycles. The van der Waals surface area contributed by atoms with E-state index in [1.165, 1.54) is 77.0 Å². The van der Waals surface area contributed by atoms with Gasteiger partial charge in [-0.1, -0.05) is 70.9 Å². The van der Waals surface area contributed by atoms with Crippen LogP contribution in [0.2, 0.25) is 0 Å². The highest BCUT2D eigenvalue weighted by Crippen LogP contribution is 2.36. The summed E-state index contributed by atoms with van der Waals surface area (Å²) in [4.78, 5) is 11.8. The maximum Gasteiger partial charge on any atom is 0.308 e. The Balaban J connectivity index is 2.15. The van der Waals surface area contributed by atoms with Gasteiger partial charge in [0.25, 0.3) is 0 Å². The van der Waals surface area contributed by atoms with Gasteiger partial charge in [-0.25, -0.2) is 0 Å². The first-order chi connectivity index (χ1) is 12.7. The molecule has 3 atom stereocenters. The molecule has 2 nitrogen and oxygen atoms in total. The van der Waals surface area contributed by atoms with Gasteiger partial charge in [-0.05, 0) is 63.7 Å². The Labute approximate surface area is 163 Å². The summed E-state index contributed by atoms with van der Waals surface area (Å²) < 4.78 is 5.17. The molecule has 1 aliphatic carbocycles. The summed E-state index contributed by atoms with van der Waals surface area (Å²) in [6, 6.07) is 0. The van der Waals surface area contributed by atoms with E-state index in [0.29, 0.717) is 6.61 Å². The van der Waals surface area contributed by atoms with Crippen LogP contribution >= 0.6 is 0 Å². The van der Waals surface area contributed by atoms with Crippen LogP contribution in [-0.2, 0) is 9.53 Å². The summed E-state index contributed by atoms with van der Waals surface area (Å²) in [6.07, 6.45) is 23.0. The summed E-state index contributed by atoms with van der Waals surface area (Å²) in [7, 11) is 0. The number of rotatable bonds is 15. The third-order valence-corrected chi connectivity index (χ3v) is 6.07. The Morgan fingerprint density at radius 3 is 2.58 bits per heavy atom. The number of unbranched alkanes of at least 4 members (excludes halogenated alkanes) is 6. The van der Waals surface area contributed by atoms with E-state index in [1.54, 1.807) is 0 Å². The molecule has 2 heteroatoms. The van der Waals surface area contributed by atoms with E-state index >= 15 is 0 Å². The van der Waals surface area contributed by atoms with Gasteiger partial charge in [0.15, 0.2) is 0 Å². The Hall–Kier alpha value is -0.790. The number of carbonyl (C=O) groups is 1. The van der Waals surface area contributed by atoms with Crippen LogP contribution in [0.25, 0.3) is 0 Å². The zero-order valence-corrected chi connectivity index (χ0v) is 17.8. The van der Waals surface area contributed by atoms with Gasteiger partial charge in [-0.15, -0.1) is 0 Å². The molecule has 0 aromatic heterocycles. The van der Waals surface area contributed by atoms with Crippen LogP contribution in [0.15, 0.2) is 12.2 Å². The highest BCUT2D eigenvalue weighted by atomic mass is 16.5. The molecule has 0 radical (unpaired) electrons. The lowest BCUT2D eigenvalue weighted by molar-refractivity contribution is -0.148. The van der Waals surface area contributed by atoms with Crippen LogP contribution in [0.1, 0.15) is 111 Å². The van der Waals surface area contributed by atoms with Gasteiger partial charge in [-0.2, -0.15) is 0 Å². The predicted molar refractivity (Wildman–Crippen MR) is 112 cm³/mol. The lowest BCUT2D eigenvalue weighted by Crippen LogP contribution is -2.17. The van der Waals surface area contributed by atoms with Gasteiger partial charge in [0, 0.05) is 0 Å². The summed E-state index contributed by atoms with van der Waals surface area (Å²) >= 11 is 0. The van der Waals surface area contributed by atoms with E-state index < -0.39 is 0 Å². The van der Waals surface area contributed by atoms with Gasteiger partial charge in [0.05, 0.1) is 12.5 Å². The highest BCUT2D eigenvalue weighted by molar-refractivity contribution is 5.72. The van der Waals surface area contributed by atoms with Crippen molar-refractivity contribution in [3.63, 3.8) is 0 Å². The molecule has 0 saturated heterocycles. The van der Waals surface area contributed by atoms with Crippen molar-refractivity contribution in [2.45, 2.75) is 111 Å². The van der Waals surface area contributed by atoms with E-state index in [4.69, 9.17) is 4.74 Å². The topological polar surface area (TPSA) is 26.3 Å². The minimum absolute atomic E-state index is 0.00920. The quantitative estimate of drug-likeness (QED) is 0.171. The zero-order valence-electron chi connectivity index (χ0n) is 17.8. The molecule has 0 spiro atoms. The van der Waals surface area contributed by atoms with Crippen molar-refractivity contribution >= 4 is 5.97 Å². The minimum atomic E-state index is 0.00920. The first-order valence-electron chi connectivity index (χ1n) is 11.6. The molecule has 1 rings (SSSR count). The second-order valence-electron chi connectivity index (χ2n) is 8.13. The second-order valence-corrected chi connectivity index (χ2v) is 8.13. The van der Waals surface area contributed by atoms with E-state index in [1.807, 2.05) is 6.92 Å². The van der Waals surface area contributed by atoms with Gasteiger partial charge in [0.2, 0.25) is 0 Å². The molecule has 0 N–H and O–H groups in total. The van der Waals surface area contributed by atoms with Crippen LogP contribution in [0.4, 0.5) is 0 Å². The molecule has 1 fully saturated rings. The smallest absolute Gasteiger partial charge is 0.308 e. The van der Waals surface area contributed by atoms with E-state index in [2.05, 4.69) is 26.0 Å². The first-order valence-corrected chi connectivity index (χ1v) is 11.6. The molecule has 0 aromatic carbocycles. The van der Waals surface area contributed by atoms with Crippen molar-refractivity contribution in [2.24, 2.45) is 17.8 Å². The average molecular weight is 365 g/mol. The molecule has 0 bridgehead atoms. The Kier molecular flexibility index (Phi) is 13.7. The summed E-state index contributed by atoms with van der Waals surface area (Å²) in [5.41, 5.74) is 0. The summed E-state index contributed by atoms with van der Waals surface area (Å²) in [6.45, 7) is 6.77. The van der Waals surface area contributed by atoms with Gasteiger partial charge in [-0.3, -0.25) is 4.79 Å². The number of esters is 1. The number of ether oxygens (including phenoxy) is 1. The lowest BCUT2D eigenvalue weighted by atomic mass is 9.89. The fourth-order valence-electron chi connectivity index (χ4n) is 4.36. The van der Waals surface area contributed by atoms with Crippen molar-refractivity contribution in [3.8, 4) is 0 Å². The third-order valence-electron chi connectivity index (χ3n) is 6.07. The SMILES string of the molecule is CCCCCCC=C[C@H]1CCC[C@@H]1CCCCCC(CC)C(=O)OCC. The average Bonchev–Trinajstić information content (AvgIpc) is 3.08. The monoisotopic (exact) mass is 364 g/mol. The molecule has 1 unspecified atom stereocenters. The fraction of sp³-hybridized carbons (Fsp3) is 0.875. The van der Waals surface area contributed by atoms with E-state index in [-0.39, 0.29) is 11.9 Å². The fourth-order valence-corrected chi connectivity index (χ4v) is 4.36. The summed E-state index contributed by atoms with van der Waals surface area (Å²) in [5.74, 6) is 1.87. The Morgan fingerprint density at radius 1 is 1.04 bits per heavy atom. The number of hydrogen-bond acceptors (Lipinski definition) is 2. The van der Waals surface area contributed by atoms with Crippen molar-refractivity contribution in [2.75, 3.05) is 6.61 Å². The number of hydrogen-bond donors (Lipinski definition) is 0. The Morgan fingerprint density at radius 2 is 1.85 bits per heavy atom. The number of allylic oxidation sites excluding steroid dienone is 2. The molecule has 0 aromatic rings. The first kappa shape index (κ1) is 23.2. The van der Waals surface area contributed by atoms with E-state index in [0.717, 1.165) is 24.7 Å². The minimum Gasteiger partial charge on any atom is -0.466 e. The van der Waals surface area contributed by atoms with Crippen molar-refractivity contribution in [1.82, 2.24) is 0 Å². The van der Waals surface area contributed by atoms with Gasteiger partial charge in [0.1, 0.15) is 0 Å². The summed E-state index contributed by atoms with van der Waals surface area (Å²) in [5, 5.41) is 0. The molecule has 0 heterocycles. The maximum atomic E-state index is 11.8. The van der Waals surface area contributed by atoms with Gasteiger partial charge >= 0.3 is 5.97 Å². The predicted octanol–water partition coefficient (Wildman–Crippen LogP) is 7.47. The number of carbonyl (C=O) groups excluding carboxylic acids is 1. The largest absolute Gasteiger partial charge is 0.466 e. The molecule has 1 aliphatic rings. The molecular formula is C24H44O2. The van der Waals surface area contributed by atoms with E-state index in [9.17, 15) is 4.79 Å².